The molecule has 2 amide bonds. The number of carbonyl (C=O) groups excluding carboxylic acids is 1. The molecule has 0 unspecified atom stereocenters. The normalized spacial score (nSPS) is 22.0. The number of nitrogens with zero attached hydrogens (tertiary/aromatic N) is 1. The Morgan fingerprint density at radius 3 is 2.20 bits per heavy atom. The zero-order valence-corrected chi connectivity index (χ0v) is 12.6. The monoisotopic (exact) mass is 282 g/mol. The first kappa shape index (κ1) is 15.1. The van der Waals surface area contributed by atoms with Gasteiger partial charge < -0.3 is 15.3 Å². The highest BCUT2D eigenvalue weighted by atomic mass is 16.4. The van der Waals surface area contributed by atoms with Crippen molar-refractivity contribution in [3.05, 3.63) is 0 Å². The van der Waals surface area contributed by atoms with E-state index in [-0.39, 0.29) is 12.5 Å². The zero-order valence-electron chi connectivity index (χ0n) is 12.6. The smallest absolute Gasteiger partial charge is 0.317 e. The van der Waals surface area contributed by atoms with E-state index in [1.165, 1.54) is 25.7 Å². The van der Waals surface area contributed by atoms with Crippen molar-refractivity contribution >= 4 is 12.0 Å². The maximum atomic E-state index is 12.2. The fourth-order valence-electron chi connectivity index (χ4n) is 3.60. The molecule has 1 aliphatic heterocycles. The van der Waals surface area contributed by atoms with Gasteiger partial charge in [-0.3, -0.25) is 4.79 Å². The molecular formula is C15H26N2O3. The maximum absolute atomic E-state index is 12.2. The summed E-state index contributed by atoms with van der Waals surface area (Å²) in [5, 5.41) is 11.7. The molecule has 0 radical (unpaired) electrons. The fraction of sp³-hybridized carbons (Fsp3) is 0.867. The van der Waals surface area contributed by atoms with Gasteiger partial charge in [-0.15, -0.1) is 0 Å². The van der Waals surface area contributed by atoms with Gasteiger partial charge in [-0.1, -0.05) is 12.8 Å². The van der Waals surface area contributed by atoms with Crippen molar-refractivity contribution in [1.82, 2.24) is 10.2 Å². The van der Waals surface area contributed by atoms with Gasteiger partial charge in [0.1, 0.15) is 0 Å². The molecule has 0 bridgehead atoms. The van der Waals surface area contributed by atoms with Crippen LogP contribution in [0, 0.1) is 5.41 Å². The van der Waals surface area contributed by atoms with Gasteiger partial charge in [0.2, 0.25) is 0 Å². The summed E-state index contributed by atoms with van der Waals surface area (Å²) in [4.78, 5) is 24.8. The summed E-state index contributed by atoms with van der Waals surface area (Å²) in [5.41, 5.74) is -0.210. The van der Waals surface area contributed by atoms with Crippen LogP contribution in [0.1, 0.15) is 58.8 Å². The summed E-state index contributed by atoms with van der Waals surface area (Å²) in [5.74, 6) is -0.890. The lowest BCUT2D eigenvalue weighted by atomic mass is 9.77. The molecule has 114 valence electrons. The van der Waals surface area contributed by atoms with Crippen LogP contribution in [-0.4, -0.2) is 40.6 Å². The van der Waals surface area contributed by atoms with Crippen molar-refractivity contribution in [2.24, 2.45) is 5.41 Å². The number of nitrogens with one attached hydrogen (secondary N) is 1. The Kier molecular flexibility index (Phi) is 4.25. The Hall–Kier alpha value is -1.26. The second-order valence-corrected chi connectivity index (χ2v) is 7.08. The number of likely N-dealkylation sites (tertiary alicyclic amines) is 1. The van der Waals surface area contributed by atoms with Gasteiger partial charge in [0, 0.05) is 18.6 Å². The fourth-order valence-corrected chi connectivity index (χ4v) is 3.60. The van der Waals surface area contributed by atoms with Crippen LogP contribution in [0.5, 0.6) is 0 Å². The number of carboxylic acid groups (broad SMARTS) is 1. The van der Waals surface area contributed by atoms with Crippen molar-refractivity contribution in [3.8, 4) is 0 Å². The van der Waals surface area contributed by atoms with Gasteiger partial charge in [-0.2, -0.15) is 0 Å². The highest BCUT2D eigenvalue weighted by Crippen LogP contribution is 2.46. The summed E-state index contributed by atoms with van der Waals surface area (Å²) >= 11 is 0. The molecule has 0 aromatic heterocycles. The van der Waals surface area contributed by atoms with Crippen LogP contribution in [0.3, 0.4) is 0 Å². The molecule has 0 atom stereocenters. The topological polar surface area (TPSA) is 69.6 Å². The predicted molar refractivity (Wildman–Crippen MR) is 76.6 cm³/mol. The predicted octanol–water partition coefficient (Wildman–Crippen LogP) is 2.61. The summed E-state index contributed by atoms with van der Waals surface area (Å²) in [6.45, 7) is 5.10. The molecule has 5 heteroatoms. The quantitative estimate of drug-likeness (QED) is 0.836. The van der Waals surface area contributed by atoms with Crippen LogP contribution in [0.4, 0.5) is 4.79 Å². The second kappa shape index (κ2) is 5.62. The third-order valence-electron chi connectivity index (χ3n) is 4.81. The maximum Gasteiger partial charge on any atom is 0.317 e. The Morgan fingerprint density at radius 2 is 1.70 bits per heavy atom. The Balaban J connectivity index is 1.84. The average molecular weight is 282 g/mol. The first-order valence-corrected chi connectivity index (χ1v) is 7.61. The molecule has 0 aromatic rings. The van der Waals surface area contributed by atoms with E-state index in [0.717, 1.165) is 25.9 Å². The summed E-state index contributed by atoms with van der Waals surface area (Å²) in [7, 11) is 0. The molecule has 20 heavy (non-hydrogen) atoms. The van der Waals surface area contributed by atoms with Crippen molar-refractivity contribution in [2.75, 3.05) is 13.1 Å². The van der Waals surface area contributed by atoms with Crippen LogP contribution in [0.15, 0.2) is 0 Å². The number of rotatable bonds is 3. The van der Waals surface area contributed by atoms with Crippen molar-refractivity contribution < 1.29 is 14.7 Å². The average Bonchev–Trinajstić information content (AvgIpc) is 2.76. The molecule has 2 rings (SSSR count). The number of carboxylic acids is 1. The van der Waals surface area contributed by atoms with Crippen LogP contribution < -0.4 is 5.32 Å². The number of aliphatic carboxylic acids is 1. The Labute approximate surface area is 120 Å². The van der Waals surface area contributed by atoms with E-state index in [9.17, 15) is 9.59 Å². The van der Waals surface area contributed by atoms with Crippen molar-refractivity contribution in [3.63, 3.8) is 0 Å². The molecule has 1 saturated heterocycles. The molecule has 1 aliphatic carbocycles. The van der Waals surface area contributed by atoms with Crippen molar-refractivity contribution in [1.29, 1.82) is 0 Å². The summed E-state index contributed by atoms with van der Waals surface area (Å²) in [6.07, 6.45) is 7.42. The van der Waals surface area contributed by atoms with Crippen LogP contribution in [0.2, 0.25) is 0 Å². The van der Waals surface area contributed by atoms with E-state index in [2.05, 4.69) is 5.32 Å². The molecule has 0 aromatic carbocycles. The molecule has 1 spiro atoms. The van der Waals surface area contributed by atoms with Gasteiger partial charge in [-0.25, -0.2) is 4.79 Å². The van der Waals surface area contributed by atoms with Gasteiger partial charge in [0.15, 0.2) is 0 Å². The van der Waals surface area contributed by atoms with Crippen molar-refractivity contribution in [2.45, 2.75) is 64.3 Å². The first-order valence-electron chi connectivity index (χ1n) is 7.61. The third kappa shape index (κ3) is 3.64. The minimum Gasteiger partial charge on any atom is -0.481 e. The van der Waals surface area contributed by atoms with E-state index < -0.39 is 11.5 Å². The van der Waals surface area contributed by atoms with Crippen LogP contribution in [-0.2, 0) is 4.79 Å². The number of piperidine rings is 1. The Bertz CT molecular complexity index is 377. The van der Waals surface area contributed by atoms with E-state index in [1.807, 2.05) is 4.90 Å². The molecule has 2 fully saturated rings. The number of hydrogen-bond donors (Lipinski definition) is 2. The van der Waals surface area contributed by atoms with E-state index in [0.29, 0.717) is 5.41 Å². The van der Waals surface area contributed by atoms with Gasteiger partial charge >= 0.3 is 12.0 Å². The minimum absolute atomic E-state index is 0.0590. The van der Waals surface area contributed by atoms with Crippen LogP contribution >= 0.6 is 0 Å². The van der Waals surface area contributed by atoms with Gasteiger partial charge in [-0.05, 0) is 44.9 Å². The Morgan fingerprint density at radius 1 is 1.15 bits per heavy atom. The SMILES string of the molecule is CC(C)(CC(=O)O)NC(=O)N1CCC2(CCCC2)CC1. The standard InChI is InChI=1S/C15H26N2O3/c1-14(2,11-12(18)19)16-13(20)17-9-7-15(8-10-17)5-3-4-6-15/h3-11H2,1-2H3,(H,16,20)(H,18,19). The van der Waals surface area contributed by atoms with Gasteiger partial charge in [0.25, 0.3) is 0 Å². The van der Waals surface area contributed by atoms with E-state index >= 15 is 0 Å². The first-order chi connectivity index (χ1) is 9.32. The number of amides is 2. The molecule has 1 heterocycles. The zero-order chi connectivity index (χ0) is 14.8. The molecule has 2 N–H and O–H groups in total. The lowest BCUT2D eigenvalue weighted by Crippen LogP contribution is -2.53. The molecule has 1 saturated carbocycles. The number of carbonyl (C=O) groups is 2. The third-order valence-corrected chi connectivity index (χ3v) is 4.81. The number of hydrogen-bond acceptors (Lipinski definition) is 2. The van der Waals surface area contributed by atoms with E-state index in [4.69, 9.17) is 5.11 Å². The summed E-state index contributed by atoms with van der Waals surface area (Å²) in [6, 6.07) is -0.121. The van der Waals surface area contributed by atoms with E-state index in [1.54, 1.807) is 13.8 Å². The largest absolute Gasteiger partial charge is 0.481 e. The highest BCUT2D eigenvalue weighted by molar-refractivity contribution is 5.76. The second-order valence-electron chi connectivity index (χ2n) is 7.08. The minimum atomic E-state index is -0.890. The molecule has 2 aliphatic rings. The number of urea groups is 1. The van der Waals surface area contributed by atoms with Crippen LogP contribution in [0.25, 0.3) is 0 Å². The van der Waals surface area contributed by atoms with Gasteiger partial charge in [0.05, 0.1) is 6.42 Å². The lowest BCUT2D eigenvalue weighted by Gasteiger charge is -2.40. The highest BCUT2D eigenvalue weighted by Gasteiger charge is 2.38. The molecular weight excluding hydrogens is 256 g/mol. The molecule has 5 nitrogen and oxygen atoms in total. The summed E-state index contributed by atoms with van der Waals surface area (Å²) < 4.78 is 0. The lowest BCUT2D eigenvalue weighted by molar-refractivity contribution is -0.138.